The molecule has 2 N–H and O–H groups in total. The maximum atomic E-state index is 12.1. The lowest BCUT2D eigenvalue weighted by Gasteiger charge is -2.12. The van der Waals surface area contributed by atoms with E-state index in [0.717, 1.165) is 5.56 Å². The minimum Gasteiger partial charge on any atom is -0.497 e. The monoisotopic (exact) mass is 408 g/mol. The van der Waals surface area contributed by atoms with Gasteiger partial charge in [0.1, 0.15) is 11.5 Å². The van der Waals surface area contributed by atoms with Crippen LogP contribution in [0.5, 0.6) is 11.5 Å². The molecule has 0 spiro atoms. The van der Waals surface area contributed by atoms with E-state index >= 15 is 0 Å². The van der Waals surface area contributed by atoms with Crippen molar-refractivity contribution in [1.82, 2.24) is 0 Å². The summed E-state index contributed by atoms with van der Waals surface area (Å²) in [5.74, 6) is 1.01. The number of nitrogens with one attached hydrogen (secondary N) is 2. The number of aryl methyl sites for hydroxylation is 1. The van der Waals surface area contributed by atoms with E-state index in [1.54, 1.807) is 43.5 Å². The summed E-state index contributed by atoms with van der Waals surface area (Å²) in [6.07, 6.45) is 0. The highest BCUT2D eigenvalue weighted by Gasteiger charge is 2.11. The van der Waals surface area contributed by atoms with E-state index in [1.807, 2.05) is 6.92 Å². The second kappa shape index (κ2) is 10.1. The van der Waals surface area contributed by atoms with Gasteiger partial charge in [0, 0.05) is 16.8 Å². The molecule has 144 valence electrons. The van der Waals surface area contributed by atoms with Crippen LogP contribution in [0.4, 0.5) is 11.4 Å². The predicted octanol–water partition coefficient (Wildman–Crippen LogP) is 3.98. The second-order valence-corrected chi connectivity index (χ2v) is 7.04. The number of amides is 2. The summed E-state index contributed by atoms with van der Waals surface area (Å²) < 4.78 is 10.4. The molecule has 2 aromatic rings. The lowest BCUT2D eigenvalue weighted by molar-refractivity contribution is -0.114. The molecule has 0 aliphatic rings. The first-order chi connectivity index (χ1) is 12.9. The molecule has 27 heavy (non-hydrogen) atoms. The van der Waals surface area contributed by atoms with Crippen LogP contribution in [0, 0.1) is 6.92 Å². The van der Waals surface area contributed by atoms with Crippen LogP contribution in [-0.4, -0.2) is 37.5 Å². The van der Waals surface area contributed by atoms with Crippen LogP contribution >= 0.6 is 23.4 Å². The molecule has 0 fully saturated rings. The maximum absolute atomic E-state index is 12.1. The average molecular weight is 409 g/mol. The Labute approximate surface area is 167 Å². The molecule has 0 bridgehead atoms. The van der Waals surface area contributed by atoms with Crippen molar-refractivity contribution < 1.29 is 19.1 Å². The van der Waals surface area contributed by atoms with E-state index in [1.165, 1.54) is 18.9 Å². The molecule has 0 unspecified atom stereocenters. The normalized spacial score (nSPS) is 10.2. The minimum absolute atomic E-state index is 0.132. The number of anilines is 2. The smallest absolute Gasteiger partial charge is 0.234 e. The van der Waals surface area contributed by atoms with Crippen molar-refractivity contribution in [1.29, 1.82) is 0 Å². The topological polar surface area (TPSA) is 76.7 Å². The van der Waals surface area contributed by atoms with Crippen LogP contribution < -0.4 is 20.1 Å². The van der Waals surface area contributed by atoms with Gasteiger partial charge in [-0.1, -0.05) is 11.6 Å². The van der Waals surface area contributed by atoms with Gasteiger partial charge in [0.15, 0.2) is 0 Å². The van der Waals surface area contributed by atoms with Gasteiger partial charge in [-0.05, 0) is 42.8 Å². The summed E-state index contributed by atoms with van der Waals surface area (Å²) in [5, 5.41) is 6.19. The molecule has 0 aliphatic carbocycles. The molecule has 0 radical (unpaired) electrons. The van der Waals surface area contributed by atoms with Crippen LogP contribution in [0.3, 0.4) is 0 Å². The summed E-state index contributed by atoms with van der Waals surface area (Å²) >= 11 is 7.12. The number of rotatable bonds is 8. The fourth-order valence-corrected chi connectivity index (χ4v) is 3.13. The third-order valence-electron chi connectivity index (χ3n) is 3.61. The Morgan fingerprint density at radius 2 is 1.63 bits per heavy atom. The van der Waals surface area contributed by atoms with Crippen LogP contribution in [0.25, 0.3) is 0 Å². The van der Waals surface area contributed by atoms with Gasteiger partial charge >= 0.3 is 0 Å². The first-order valence-electron chi connectivity index (χ1n) is 8.08. The van der Waals surface area contributed by atoms with Gasteiger partial charge in [0.05, 0.1) is 31.4 Å². The van der Waals surface area contributed by atoms with E-state index in [-0.39, 0.29) is 23.3 Å². The number of carbonyl (C=O) groups excluding carboxylic acids is 2. The standard InChI is InChI=1S/C19H21ClN2O4S/c1-12-8-13(20)4-6-15(12)21-18(23)10-27-11-19(24)22-16-9-14(25-2)5-7-17(16)26-3/h4-9H,10-11H2,1-3H3,(H,21,23)(H,22,24). The molecule has 2 amide bonds. The highest BCUT2D eigenvalue weighted by atomic mass is 35.5. The van der Waals surface area contributed by atoms with E-state index in [2.05, 4.69) is 10.6 Å². The summed E-state index contributed by atoms with van der Waals surface area (Å²) in [6.45, 7) is 1.86. The molecule has 8 heteroatoms. The minimum atomic E-state index is -0.234. The third-order valence-corrected chi connectivity index (χ3v) is 4.78. The fraction of sp³-hybridized carbons (Fsp3) is 0.263. The lowest BCUT2D eigenvalue weighted by Crippen LogP contribution is -2.19. The number of carbonyl (C=O) groups is 2. The number of methoxy groups -OCH3 is 2. The molecule has 0 saturated carbocycles. The molecular formula is C19H21ClN2O4S. The Hall–Kier alpha value is -2.38. The van der Waals surface area contributed by atoms with Crippen LogP contribution in [0.15, 0.2) is 36.4 Å². The van der Waals surface area contributed by atoms with Gasteiger partial charge in [-0.15, -0.1) is 11.8 Å². The van der Waals surface area contributed by atoms with Crippen LogP contribution in [0.1, 0.15) is 5.56 Å². The lowest BCUT2D eigenvalue weighted by atomic mass is 10.2. The van der Waals surface area contributed by atoms with Gasteiger partial charge < -0.3 is 20.1 Å². The zero-order valence-corrected chi connectivity index (χ0v) is 16.9. The highest BCUT2D eigenvalue weighted by Crippen LogP contribution is 2.29. The Morgan fingerprint density at radius 3 is 2.22 bits per heavy atom. The van der Waals surface area contributed by atoms with Gasteiger partial charge in [-0.25, -0.2) is 0 Å². The molecule has 6 nitrogen and oxygen atoms in total. The zero-order chi connectivity index (χ0) is 19.8. The zero-order valence-electron chi connectivity index (χ0n) is 15.3. The molecule has 0 saturated heterocycles. The number of ether oxygens (including phenoxy) is 2. The molecule has 0 aromatic heterocycles. The summed E-state index contributed by atoms with van der Waals surface area (Å²) in [6, 6.07) is 10.4. The molecule has 0 atom stereocenters. The molecule has 0 aliphatic heterocycles. The van der Waals surface area contributed by atoms with Crippen molar-refractivity contribution in [3.05, 3.63) is 47.0 Å². The summed E-state index contributed by atoms with van der Waals surface area (Å²) in [4.78, 5) is 24.2. The Kier molecular flexibility index (Phi) is 7.82. The Balaban J connectivity index is 1.83. The average Bonchev–Trinajstić information content (AvgIpc) is 2.64. The first-order valence-corrected chi connectivity index (χ1v) is 9.62. The first kappa shape index (κ1) is 20.9. The summed E-state index contributed by atoms with van der Waals surface area (Å²) in [5.41, 5.74) is 2.10. The largest absolute Gasteiger partial charge is 0.497 e. The SMILES string of the molecule is COc1ccc(OC)c(NC(=O)CSCC(=O)Nc2ccc(Cl)cc2C)c1. The van der Waals surface area contributed by atoms with E-state index in [4.69, 9.17) is 21.1 Å². The molecule has 2 aromatic carbocycles. The van der Waals surface area contributed by atoms with Crippen molar-refractivity contribution in [3.63, 3.8) is 0 Å². The Bertz CT molecular complexity index is 829. The van der Waals surface area contributed by atoms with E-state index < -0.39 is 0 Å². The van der Waals surface area contributed by atoms with Crippen LogP contribution in [-0.2, 0) is 9.59 Å². The van der Waals surface area contributed by atoms with Gasteiger partial charge in [-0.2, -0.15) is 0 Å². The van der Waals surface area contributed by atoms with Crippen molar-refractivity contribution in [2.75, 3.05) is 36.4 Å². The van der Waals surface area contributed by atoms with Crippen molar-refractivity contribution in [2.45, 2.75) is 6.92 Å². The van der Waals surface area contributed by atoms with Crippen molar-refractivity contribution in [3.8, 4) is 11.5 Å². The summed E-state index contributed by atoms with van der Waals surface area (Å²) in [7, 11) is 3.07. The number of thioether (sulfide) groups is 1. The van der Waals surface area contributed by atoms with Gasteiger partial charge in [0.2, 0.25) is 11.8 Å². The maximum Gasteiger partial charge on any atom is 0.234 e. The predicted molar refractivity (Wildman–Crippen MR) is 110 cm³/mol. The quantitative estimate of drug-likeness (QED) is 0.691. The van der Waals surface area contributed by atoms with E-state index in [9.17, 15) is 9.59 Å². The van der Waals surface area contributed by atoms with Crippen molar-refractivity contribution in [2.24, 2.45) is 0 Å². The Morgan fingerprint density at radius 1 is 0.963 bits per heavy atom. The molecular weight excluding hydrogens is 388 g/mol. The fourth-order valence-electron chi connectivity index (χ4n) is 2.29. The van der Waals surface area contributed by atoms with Gasteiger partial charge in [-0.3, -0.25) is 9.59 Å². The van der Waals surface area contributed by atoms with Crippen LogP contribution in [0.2, 0.25) is 5.02 Å². The molecule has 0 heterocycles. The number of benzene rings is 2. The third kappa shape index (κ3) is 6.37. The number of hydrogen-bond acceptors (Lipinski definition) is 5. The number of hydrogen-bond donors (Lipinski definition) is 2. The molecule has 2 rings (SSSR count). The second-order valence-electron chi connectivity index (χ2n) is 5.61. The number of halogens is 1. The van der Waals surface area contributed by atoms with Crippen molar-refractivity contribution >= 4 is 46.6 Å². The highest BCUT2D eigenvalue weighted by molar-refractivity contribution is 8.00. The van der Waals surface area contributed by atoms with Gasteiger partial charge in [0.25, 0.3) is 0 Å². The van der Waals surface area contributed by atoms with E-state index in [0.29, 0.717) is 27.9 Å².